The first-order chi connectivity index (χ1) is 12.5. The van der Waals surface area contributed by atoms with E-state index in [-0.39, 0.29) is 5.91 Å². The molecular formula is C20H29N3O2S. The Labute approximate surface area is 161 Å². The summed E-state index contributed by atoms with van der Waals surface area (Å²) in [6.45, 7) is 7.11. The number of hydrogen-bond acceptors (Lipinski definition) is 3. The zero-order chi connectivity index (χ0) is 18.9. The first-order valence-corrected chi connectivity index (χ1v) is 9.67. The van der Waals surface area contributed by atoms with Gasteiger partial charge in [-0.15, -0.1) is 0 Å². The Morgan fingerprint density at radius 2 is 1.96 bits per heavy atom. The fourth-order valence-corrected chi connectivity index (χ4v) is 3.37. The first-order valence-electron chi connectivity index (χ1n) is 9.27. The number of hydrazine groups is 1. The molecule has 0 unspecified atom stereocenters. The largest absolute Gasteiger partial charge is 0.494 e. The summed E-state index contributed by atoms with van der Waals surface area (Å²) in [4.78, 5) is 11.9. The quantitative estimate of drug-likeness (QED) is 0.418. The van der Waals surface area contributed by atoms with Crippen molar-refractivity contribution in [3.05, 3.63) is 35.9 Å². The number of ether oxygens (including phenoxy) is 1. The van der Waals surface area contributed by atoms with Gasteiger partial charge in [-0.1, -0.05) is 38.8 Å². The molecule has 0 heterocycles. The summed E-state index contributed by atoms with van der Waals surface area (Å²) < 4.78 is 5.39. The molecule has 1 saturated carbocycles. The van der Waals surface area contributed by atoms with Crippen LogP contribution in [0, 0.1) is 11.8 Å². The normalized spacial score (nSPS) is 22.7. The van der Waals surface area contributed by atoms with Crippen molar-refractivity contribution in [3.63, 3.8) is 0 Å². The van der Waals surface area contributed by atoms with Crippen molar-refractivity contribution in [1.82, 2.24) is 16.2 Å². The maximum Gasteiger partial charge on any atom is 0.262 e. The van der Waals surface area contributed by atoms with E-state index in [1.165, 1.54) is 18.9 Å². The molecule has 26 heavy (non-hydrogen) atoms. The van der Waals surface area contributed by atoms with Crippen molar-refractivity contribution in [2.75, 3.05) is 6.61 Å². The van der Waals surface area contributed by atoms with E-state index in [4.69, 9.17) is 17.0 Å². The zero-order valence-electron chi connectivity index (χ0n) is 15.7. The number of amides is 1. The standard InChI is InChI=1S/C20H29N3O2S/c1-4-25-17-11-8-16(9-12-17)10-13-19(24)22-23-20(26)21-18-7-5-6-14(2)15(18)3/h8-15,18H,4-7H2,1-3H3,(H,22,24)(H2,21,23,26)/b13-10+/t14-,15+,18+/m1/s1. The Hall–Kier alpha value is -2.08. The topological polar surface area (TPSA) is 62.4 Å². The monoisotopic (exact) mass is 375 g/mol. The molecule has 6 heteroatoms. The molecule has 0 saturated heterocycles. The van der Waals surface area contributed by atoms with Gasteiger partial charge in [0, 0.05) is 12.1 Å². The van der Waals surface area contributed by atoms with Crippen LogP contribution in [-0.2, 0) is 4.79 Å². The molecular weight excluding hydrogens is 346 g/mol. The Balaban J connectivity index is 1.74. The van der Waals surface area contributed by atoms with E-state index in [0.29, 0.717) is 29.6 Å². The van der Waals surface area contributed by atoms with Gasteiger partial charge < -0.3 is 10.1 Å². The molecule has 3 atom stereocenters. The molecule has 1 fully saturated rings. The Morgan fingerprint density at radius 3 is 2.65 bits per heavy atom. The molecule has 142 valence electrons. The summed E-state index contributed by atoms with van der Waals surface area (Å²) in [5.74, 6) is 1.82. The van der Waals surface area contributed by atoms with Crippen molar-refractivity contribution in [2.24, 2.45) is 11.8 Å². The lowest BCUT2D eigenvalue weighted by Gasteiger charge is -2.35. The van der Waals surface area contributed by atoms with Crippen LogP contribution in [0.15, 0.2) is 30.3 Å². The van der Waals surface area contributed by atoms with E-state index in [1.54, 1.807) is 6.08 Å². The number of hydrogen-bond donors (Lipinski definition) is 3. The Kier molecular flexibility index (Phi) is 7.91. The fourth-order valence-electron chi connectivity index (χ4n) is 3.16. The maximum atomic E-state index is 11.9. The lowest BCUT2D eigenvalue weighted by Crippen LogP contribution is -2.52. The molecule has 1 aromatic rings. The summed E-state index contributed by atoms with van der Waals surface area (Å²) in [6.07, 6.45) is 6.80. The third kappa shape index (κ3) is 6.33. The van der Waals surface area contributed by atoms with E-state index in [0.717, 1.165) is 17.7 Å². The number of rotatable bonds is 5. The van der Waals surface area contributed by atoms with E-state index < -0.39 is 0 Å². The second-order valence-corrected chi connectivity index (χ2v) is 7.21. The minimum absolute atomic E-state index is 0.256. The molecule has 0 radical (unpaired) electrons. The van der Waals surface area contributed by atoms with Gasteiger partial charge in [-0.3, -0.25) is 15.6 Å². The highest BCUT2D eigenvalue weighted by molar-refractivity contribution is 7.80. The maximum absolute atomic E-state index is 11.9. The molecule has 0 spiro atoms. The van der Waals surface area contributed by atoms with E-state index in [1.807, 2.05) is 31.2 Å². The first kappa shape index (κ1) is 20.2. The van der Waals surface area contributed by atoms with E-state index in [9.17, 15) is 4.79 Å². The number of nitrogens with one attached hydrogen (secondary N) is 3. The van der Waals surface area contributed by atoms with Gasteiger partial charge in [0.1, 0.15) is 5.75 Å². The average Bonchev–Trinajstić information content (AvgIpc) is 2.63. The van der Waals surface area contributed by atoms with Gasteiger partial charge in [0.25, 0.3) is 5.91 Å². The molecule has 0 aromatic heterocycles. The summed E-state index contributed by atoms with van der Waals surface area (Å²) in [6, 6.07) is 7.92. The summed E-state index contributed by atoms with van der Waals surface area (Å²) in [5, 5.41) is 3.77. The smallest absolute Gasteiger partial charge is 0.262 e. The molecule has 1 amide bonds. The molecule has 0 aliphatic heterocycles. The van der Waals surface area contributed by atoms with Gasteiger partial charge in [0.05, 0.1) is 6.61 Å². The molecule has 2 rings (SSSR count). The SMILES string of the molecule is CCOc1ccc(/C=C/C(=O)NNC(=S)N[C@H]2CCC[C@@H](C)[C@@H]2C)cc1. The van der Waals surface area contributed by atoms with Crippen molar-refractivity contribution >= 4 is 29.3 Å². The van der Waals surface area contributed by atoms with Gasteiger partial charge in [0.15, 0.2) is 5.11 Å². The summed E-state index contributed by atoms with van der Waals surface area (Å²) >= 11 is 5.29. The van der Waals surface area contributed by atoms with Crippen LogP contribution in [0.4, 0.5) is 0 Å². The van der Waals surface area contributed by atoms with Gasteiger partial charge in [-0.05, 0) is 61.2 Å². The number of thiocarbonyl (C=S) groups is 1. The van der Waals surface area contributed by atoms with Crippen LogP contribution < -0.4 is 20.9 Å². The van der Waals surface area contributed by atoms with Crippen LogP contribution in [0.1, 0.15) is 45.6 Å². The lowest BCUT2D eigenvalue weighted by molar-refractivity contribution is -0.116. The molecule has 1 aromatic carbocycles. The molecule has 5 nitrogen and oxygen atoms in total. The van der Waals surface area contributed by atoms with Crippen molar-refractivity contribution in [1.29, 1.82) is 0 Å². The minimum Gasteiger partial charge on any atom is -0.494 e. The van der Waals surface area contributed by atoms with Crippen LogP contribution in [0.3, 0.4) is 0 Å². The molecule has 1 aliphatic rings. The lowest BCUT2D eigenvalue weighted by atomic mass is 9.78. The van der Waals surface area contributed by atoms with E-state index in [2.05, 4.69) is 30.0 Å². The van der Waals surface area contributed by atoms with Gasteiger partial charge >= 0.3 is 0 Å². The summed E-state index contributed by atoms with van der Waals surface area (Å²) in [7, 11) is 0. The number of carbonyl (C=O) groups excluding carboxylic acids is 1. The predicted molar refractivity (Wildman–Crippen MR) is 110 cm³/mol. The van der Waals surface area contributed by atoms with Gasteiger partial charge in [-0.25, -0.2) is 0 Å². The van der Waals surface area contributed by atoms with Crippen molar-refractivity contribution in [3.8, 4) is 5.75 Å². The zero-order valence-corrected chi connectivity index (χ0v) is 16.6. The highest BCUT2D eigenvalue weighted by atomic mass is 32.1. The third-order valence-corrected chi connectivity index (χ3v) is 5.16. The molecule has 0 bridgehead atoms. The van der Waals surface area contributed by atoms with Gasteiger partial charge in [0.2, 0.25) is 0 Å². The van der Waals surface area contributed by atoms with Crippen LogP contribution in [-0.4, -0.2) is 23.7 Å². The highest BCUT2D eigenvalue weighted by Crippen LogP contribution is 2.29. The van der Waals surface area contributed by atoms with Crippen LogP contribution >= 0.6 is 12.2 Å². The van der Waals surface area contributed by atoms with Crippen LogP contribution in [0.5, 0.6) is 5.75 Å². The number of carbonyl (C=O) groups is 1. The predicted octanol–water partition coefficient (Wildman–Crippen LogP) is 3.42. The highest BCUT2D eigenvalue weighted by Gasteiger charge is 2.27. The Morgan fingerprint density at radius 1 is 1.23 bits per heavy atom. The second kappa shape index (κ2) is 10.2. The Bertz CT molecular complexity index is 630. The summed E-state index contributed by atoms with van der Waals surface area (Å²) in [5.41, 5.74) is 6.30. The fraction of sp³-hybridized carbons (Fsp3) is 0.500. The van der Waals surface area contributed by atoms with Crippen LogP contribution in [0.2, 0.25) is 0 Å². The molecule has 3 N–H and O–H groups in total. The van der Waals surface area contributed by atoms with Crippen molar-refractivity contribution < 1.29 is 9.53 Å². The third-order valence-electron chi connectivity index (χ3n) is 4.94. The minimum atomic E-state index is -0.256. The van der Waals surface area contributed by atoms with E-state index >= 15 is 0 Å². The molecule has 1 aliphatic carbocycles. The van der Waals surface area contributed by atoms with Crippen molar-refractivity contribution in [2.45, 2.75) is 46.1 Å². The second-order valence-electron chi connectivity index (χ2n) is 6.80. The van der Waals surface area contributed by atoms with Gasteiger partial charge in [-0.2, -0.15) is 0 Å². The average molecular weight is 376 g/mol. The number of benzene rings is 1. The van der Waals surface area contributed by atoms with Crippen LogP contribution in [0.25, 0.3) is 6.08 Å².